The number of aromatic nitrogens is 2. The van der Waals surface area contributed by atoms with E-state index in [1.54, 1.807) is 12.1 Å². The zero-order chi connectivity index (χ0) is 16.4. The molecule has 0 bridgehead atoms. The quantitative estimate of drug-likeness (QED) is 0.858. The summed E-state index contributed by atoms with van der Waals surface area (Å²) in [6.07, 6.45) is 2.36. The van der Waals surface area contributed by atoms with Crippen molar-refractivity contribution in [3.63, 3.8) is 0 Å². The summed E-state index contributed by atoms with van der Waals surface area (Å²) in [6, 6.07) is 6.97. The summed E-state index contributed by atoms with van der Waals surface area (Å²) >= 11 is 0. The van der Waals surface area contributed by atoms with Crippen LogP contribution < -0.4 is 0 Å². The fourth-order valence-corrected chi connectivity index (χ4v) is 4.33. The minimum Gasteiger partial charge on any atom is -0.339 e. The first-order valence-electron chi connectivity index (χ1n) is 7.90. The predicted molar refractivity (Wildman–Crippen MR) is 85.6 cm³/mol. The van der Waals surface area contributed by atoms with Crippen LogP contribution >= 0.6 is 0 Å². The number of piperidine rings is 1. The Hall–Kier alpha value is -1.73. The van der Waals surface area contributed by atoms with Gasteiger partial charge in [-0.15, -0.1) is 0 Å². The summed E-state index contributed by atoms with van der Waals surface area (Å²) in [6.45, 7) is 4.82. The standard InChI is InChI=1S/C16H21N3O3S/c1-3-15-17-16(18-22-15)13-5-4-10-19(11-13)23(20,21)14-8-6-12(2)7-9-14/h6-9,13H,3-5,10-11H2,1-2H3/t13-/m0/s1. The maximum atomic E-state index is 12.8. The predicted octanol–water partition coefficient (Wildman–Crippen LogP) is 2.51. The van der Waals surface area contributed by atoms with Crippen molar-refractivity contribution >= 4 is 10.0 Å². The van der Waals surface area contributed by atoms with Gasteiger partial charge >= 0.3 is 0 Å². The number of aryl methyl sites for hydroxylation is 2. The van der Waals surface area contributed by atoms with Crippen LogP contribution in [-0.2, 0) is 16.4 Å². The average Bonchev–Trinajstić information content (AvgIpc) is 3.04. The maximum absolute atomic E-state index is 12.8. The third kappa shape index (κ3) is 3.30. The summed E-state index contributed by atoms with van der Waals surface area (Å²) in [4.78, 5) is 4.69. The molecule has 1 saturated heterocycles. The smallest absolute Gasteiger partial charge is 0.243 e. The van der Waals surface area contributed by atoms with E-state index in [2.05, 4.69) is 10.1 Å². The van der Waals surface area contributed by atoms with Gasteiger partial charge in [0, 0.05) is 25.4 Å². The first kappa shape index (κ1) is 16.1. The highest BCUT2D eigenvalue weighted by Gasteiger charge is 2.32. The van der Waals surface area contributed by atoms with E-state index in [-0.39, 0.29) is 5.92 Å². The van der Waals surface area contributed by atoms with Crippen molar-refractivity contribution in [1.82, 2.24) is 14.4 Å². The zero-order valence-corrected chi connectivity index (χ0v) is 14.2. The van der Waals surface area contributed by atoms with Gasteiger partial charge in [0.1, 0.15) is 0 Å². The van der Waals surface area contributed by atoms with Gasteiger partial charge in [-0.1, -0.05) is 29.8 Å². The summed E-state index contributed by atoms with van der Waals surface area (Å²) in [5, 5.41) is 4.00. The molecule has 1 aliphatic rings. The summed E-state index contributed by atoms with van der Waals surface area (Å²) in [5.74, 6) is 1.21. The maximum Gasteiger partial charge on any atom is 0.243 e. The van der Waals surface area contributed by atoms with E-state index in [4.69, 9.17) is 4.52 Å². The van der Waals surface area contributed by atoms with Crippen molar-refractivity contribution in [3.05, 3.63) is 41.5 Å². The topological polar surface area (TPSA) is 76.3 Å². The first-order valence-corrected chi connectivity index (χ1v) is 9.34. The first-order chi connectivity index (χ1) is 11.0. The van der Waals surface area contributed by atoms with Crippen molar-refractivity contribution in [3.8, 4) is 0 Å². The molecule has 0 unspecified atom stereocenters. The Bertz CT molecular complexity index is 768. The molecule has 23 heavy (non-hydrogen) atoms. The van der Waals surface area contributed by atoms with Crippen LogP contribution in [0.1, 0.15) is 43.0 Å². The van der Waals surface area contributed by atoms with Gasteiger partial charge in [-0.25, -0.2) is 8.42 Å². The average molecular weight is 335 g/mol. The molecule has 0 N–H and O–H groups in total. The molecule has 1 aliphatic heterocycles. The molecular formula is C16H21N3O3S. The van der Waals surface area contributed by atoms with Crippen LogP contribution in [0, 0.1) is 6.92 Å². The van der Waals surface area contributed by atoms with Crippen LogP contribution in [0.15, 0.2) is 33.7 Å². The Kier molecular flexibility index (Phi) is 4.50. The van der Waals surface area contributed by atoms with Crippen molar-refractivity contribution in [2.75, 3.05) is 13.1 Å². The van der Waals surface area contributed by atoms with Gasteiger partial charge in [-0.2, -0.15) is 9.29 Å². The Morgan fingerprint density at radius 3 is 2.70 bits per heavy atom. The SMILES string of the molecule is CCc1nc([C@H]2CCCN(S(=O)(=O)c3ccc(C)cc3)C2)no1. The lowest BCUT2D eigenvalue weighted by atomic mass is 9.99. The van der Waals surface area contributed by atoms with Crippen LogP contribution in [0.3, 0.4) is 0 Å². The number of hydrogen-bond donors (Lipinski definition) is 0. The van der Waals surface area contributed by atoms with Gasteiger partial charge in [-0.05, 0) is 31.9 Å². The van der Waals surface area contributed by atoms with Gasteiger partial charge in [0.25, 0.3) is 0 Å². The molecule has 124 valence electrons. The Morgan fingerprint density at radius 1 is 1.30 bits per heavy atom. The minimum absolute atomic E-state index is 0.00646. The molecule has 1 fully saturated rings. The highest BCUT2D eigenvalue weighted by molar-refractivity contribution is 7.89. The van der Waals surface area contributed by atoms with Crippen molar-refractivity contribution in [2.24, 2.45) is 0 Å². The van der Waals surface area contributed by atoms with Crippen LogP contribution in [-0.4, -0.2) is 36.0 Å². The highest BCUT2D eigenvalue weighted by Crippen LogP contribution is 2.29. The lowest BCUT2D eigenvalue weighted by Crippen LogP contribution is -2.39. The second kappa shape index (κ2) is 6.41. The number of nitrogens with zero attached hydrogens (tertiary/aromatic N) is 3. The van der Waals surface area contributed by atoms with Gasteiger partial charge < -0.3 is 4.52 Å². The zero-order valence-electron chi connectivity index (χ0n) is 13.4. The molecule has 1 atom stereocenters. The molecule has 0 amide bonds. The lowest BCUT2D eigenvalue weighted by Gasteiger charge is -2.30. The molecular weight excluding hydrogens is 314 g/mol. The fraction of sp³-hybridized carbons (Fsp3) is 0.500. The third-order valence-corrected chi connectivity index (χ3v) is 6.07. The van der Waals surface area contributed by atoms with Crippen LogP contribution in [0.5, 0.6) is 0 Å². The Morgan fingerprint density at radius 2 is 2.04 bits per heavy atom. The van der Waals surface area contributed by atoms with Crippen LogP contribution in [0.25, 0.3) is 0 Å². The van der Waals surface area contributed by atoms with E-state index in [1.807, 2.05) is 26.0 Å². The second-order valence-corrected chi connectivity index (χ2v) is 7.85. The molecule has 1 aromatic carbocycles. The van der Waals surface area contributed by atoms with Crippen LogP contribution in [0.4, 0.5) is 0 Å². The van der Waals surface area contributed by atoms with Gasteiger partial charge in [0.05, 0.1) is 4.90 Å². The molecule has 0 radical (unpaired) electrons. The van der Waals surface area contributed by atoms with Crippen molar-refractivity contribution in [1.29, 1.82) is 0 Å². The monoisotopic (exact) mass is 335 g/mol. The normalized spacial score (nSPS) is 19.8. The van der Waals surface area contributed by atoms with Crippen molar-refractivity contribution < 1.29 is 12.9 Å². The molecule has 2 aromatic rings. The van der Waals surface area contributed by atoms with E-state index in [0.29, 0.717) is 36.1 Å². The van der Waals surface area contributed by atoms with E-state index in [0.717, 1.165) is 18.4 Å². The van der Waals surface area contributed by atoms with E-state index >= 15 is 0 Å². The van der Waals surface area contributed by atoms with E-state index in [1.165, 1.54) is 4.31 Å². The molecule has 2 heterocycles. The summed E-state index contributed by atoms with van der Waals surface area (Å²) in [7, 11) is -3.47. The lowest BCUT2D eigenvalue weighted by molar-refractivity contribution is 0.300. The molecule has 7 heteroatoms. The van der Waals surface area contributed by atoms with Crippen molar-refractivity contribution in [2.45, 2.75) is 43.9 Å². The minimum atomic E-state index is -3.47. The summed E-state index contributed by atoms with van der Waals surface area (Å²) in [5.41, 5.74) is 1.04. The number of hydrogen-bond acceptors (Lipinski definition) is 5. The van der Waals surface area contributed by atoms with Crippen LogP contribution in [0.2, 0.25) is 0 Å². The van der Waals surface area contributed by atoms with E-state index < -0.39 is 10.0 Å². The fourth-order valence-electron chi connectivity index (χ4n) is 2.81. The Labute approximate surface area is 136 Å². The van der Waals surface area contributed by atoms with Gasteiger partial charge in [0.2, 0.25) is 15.9 Å². The molecule has 3 rings (SSSR count). The molecule has 6 nitrogen and oxygen atoms in total. The molecule has 0 spiro atoms. The highest BCUT2D eigenvalue weighted by atomic mass is 32.2. The molecule has 1 aromatic heterocycles. The van der Waals surface area contributed by atoms with E-state index in [9.17, 15) is 8.42 Å². The molecule has 0 aliphatic carbocycles. The largest absolute Gasteiger partial charge is 0.339 e. The Balaban J connectivity index is 1.81. The number of rotatable bonds is 4. The van der Waals surface area contributed by atoms with Gasteiger partial charge in [-0.3, -0.25) is 0 Å². The summed E-state index contributed by atoms with van der Waals surface area (Å²) < 4.78 is 32.3. The second-order valence-electron chi connectivity index (χ2n) is 5.92. The number of benzene rings is 1. The molecule has 0 saturated carbocycles. The van der Waals surface area contributed by atoms with Gasteiger partial charge in [0.15, 0.2) is 5.82 Å². The number of sulfonamides is 1. The third-order valence-electron chi connectivity index (χ3n) is 4.19.